The number of aliphatic hydroxyl groups excluding tert-OH is 4. The van der Waals surface area contributed by atoms with Crippen LogP contribution in [0.4, 0.5) is 0 Å². The summed E-state index contributed by atoms with van der Waals surface area (Å²) < 4.78 is 15.7. The van der Waals surface area contributed by atoms with Crippen molar-refractivity contribution in [2.45, 2.75) is 37.3 Å². The molecule has 3 rings (SSSR count). The van der Waals surface area contributed by atoms with E-state index < -0.39 is 43.3 Å². The second-order valence-electron chi connectivity index (χ2n) is 6.59. The number of aliphatic hydroxyl groups is 4. The molecule has 0 amide bonds. The van der Waals surface area contributed by atoms with Gasteiger partial charge in [-0.1, -0.05) is 41.9 Å². The molecule has 29 heavy (non-hydrogen) atoms. The van der Waals surface area contributed by atoms with Gasteiger partial charge in [0.15, 0.2) is 6.29 Å². The van der Waals surface area contributed by atoms with E-state index in [4.69, 9.17) is 25.8 Å². The van der Waals surface area contributed by atoms with Gasteiger partial charge in [-0.05, 0) is 23.8 Å². The van der Waals surface area contributed by atoms with E-state index in [9.17, 15) is 25.2 Å². The summed E-state index contributed by atoms with van der Waals surface area (Å²) in [6.45, 7) is -0.163. The molecule has 2 aromatic carbocycles. The van der Waals surface area contributed by atoms with Crippen LogP contribution in [-0.2, 0) is 16.1 Å². The Morgan fingerprint density at radius 3 is 2.45 bits per heavy atom. The Bertz CT molecular complexity index is 830. The van der Waals surface area contributed by atoms with Crippen molar-refractivity contribution in [3.63, 3.8) is 0 Å². The largest absolute Gasteiger partial charge is 0.489 e. The topological polar surface area (TPSA) is 126 Å². The normalized spacial score (nSPS) is 26.7. The van der Waals surface area contributed by atoms with Gasteiger partial charge in [-0.2, -0.15) is 0 Å². The number of hydrogen-bond acceptors (Lipinski definition) is 8. The minimum absolute atomic E-state index is 0.118. The van der Waals surface area contributed by atoms with Crippen molar-refractivity contribution < 1.29 is 39.4 Å². The predicted molar refractivity (Wildman–Crippen MR) is 101 cm³/mol. The fraction of sp³-hybridized carbons (Fsp3) is 0.350. The highest BCUT2D eigenvalue weighted by Crippen LogP contribution is 2.24. The quantitative estimate of drug-likeness (QED) is 0.503. The van der Waals surface area contributed by atoms with Crippen LogP contribution in [0, 0.1) is 0 Å². The molecule has 0 bridgehead atoms. The average Bonchev–Trinajstić information content (AvgIpc) is 2.72. The third-order valence-electron chi connectivity index (χ3n) is 4.42. The van der Waals surface area contributed by atoms with E-state index in [0.29, 0.717) is 5.75 Å². The Hall–Kier alpha value is -2.20. The third-order valence-corrected chi connectivity index (χ3v) is 4.64. The zero-order valence-corrected chi connectivity index (χ0v) is 16.0. The molecule has 5 atom stereocenters. The summed E-state index contributed by atoms with van der Waals surface area (Å²) in [5.41, 5.74) is 1.06. The zero-order valence-electron chi connectivity index (χ0n) is 15.2. The van der Waals surface area contributed by atoms with E-state index in [2.05, 4.69) is 0 Å². The van der Waals surface area contributed by atoms with Gasteiger partial charge in [0.1, 0.15) is 43.4 Å². The number of esters is 1. The van der Waals surface area contributed by atoms with Crippen molar-refractivity contribution in [2.24, 2.45) is 0 Å². The second kappa shape index (κ2) is 9.53. The van der Waals surface area contributed by atoms with Crippen molar-refractivity contribution in [1.29, 1.82) is 0 Å². The molecule has 0 saturated carbocycles. The standard InChI is InChI=1S/C20H21ClO8/c21-13-6-12(7-14(8-13)27-9-11-4-2-1-3-5-11)19(25)28-10-15-16(22)17(23)18(24)20(26)29-15/h1-8,15-18,20,22-24,26H,9-10H2/t15-,16-,17+,18-,20?/m1/s1. The summed E-state index contributed by atoms with van der Waals surface area (Å²) in [7, 11) is 0. The number of carbonyl (C=O) groups excluding carboxylic acids is 1. The highest BCUT2D eigenvalue weighted by Gasteiger charge is 2.43. The molecule has 8 nitrogen and oxygen atoms in total. The van der Waals surface area contributed by atoms with Gasteiger partial charge in [-0.25, -0.2) is 4.79 Å². The first kappa shape index (κ1) is 21.5. The number of hydrogen-bond donors (Lipinski definition) is 4. The van der Waals surface area contributed by atoms with E-state index in [-0.39, 0.29) is 17.2 Å². The van der Waals surface area contributed by atoms with Crippen LogP contribution in [0.1, 0.15) is 15.9 Å². The molecule has 0 radical (unpaired) electrons. The molecule has 1 unspecified atom stereocenters. The van der Waals surface area contributed by atoms with E-state index in [1.807, 2.05) is 30.3 Å². The van der Waals surface area contributed by atoms with Gasteiger partial charge in [0.2, 0.25) is 0 Å². The lowest BCUT2D eigenvalue weighted by atomic mass is 9.99. The summed E-state index contributed by atoms with van der Waals surface area (Å²) in [5, 5.41) is 38.8. The minimum atomic E-state index is -1.71. The Balaban J connectivity index is 1.61. The van der Waals surface area contributed by atoms with E-state index in [0.717, 1.165) is 5.56 Å². The van der Waals surface area contributed by atoms with Crippen LogP contribution >= 0.6 is 11.6 Å². The lowest BCUT2D eigenvalue weighted by molar-refractivity contribution is -0.286. The van der Waals surface area contributed by atoms with Crippen LogP contribution in [0.3, 0.4) is 0 Å². The van der Waals surface area contributed by atoms with Gasteiger partial charge >= 0.3 is 5.97 Å². The maximum Gasteiger partial charge on any atom is 0.338 e. The molecule has 0 spiro atoms. The number of benzene rings is 2. The zero-order chi connectivity index (χ0) is 21.0. The van der Waals surface area contributed by atoms with Crippen LogP contribution in [-0.4, -0.2) is 63.7 Å². The highest BCUT2D eigenvalue weighted by atomic mass is 35.5. The molecule has 1 aliphatic rings. The molecule has 4 N–H and O–H groups in total. The number of carbonyl (C=O) groups is 1. The Morgan fingerprint density at radius 1 is 1.00 bits per heavy atom. The number of rotatable bonds is 6. The van der Waals surface area contributed by atoms with Crippen molar-refractivity contribution in [1.82, 2.24) is 0 Å². The first-order valence-electron chi connectivity index (χ1n) is 8.87. The molecule has 0 aliphatic carbocycles. The third kappa shape index (κ3) is 5.45. The average molecular weight is 425 g/mol. The van der Waals surface area contributed by atoms with Crippen molar-refractivity contribution in [3.05, 3.63) is 64.7 Å². The molecule has 1 saturated heterocycles. The second-order valence-corrected chi connectivity index (χ2v) is 7.02. The summed E-state index contributed by atoms with van der Waals surface area (Å²) in [6.07, 6.45) is -7.74. The predicted octanol–water partition coefficient (Wildman–Crippen LogP) is 0.876. The van der Waals surface area contributed by atoms with Crippen molar-refractivity contribution >= 4 is 17.6 Å². The smallest absolute Gasteiger partial charge is 0.338 e. The van der Waals surface area contributed by atoms with E-state index in [1.165, 1.54) is 12.1 Å². The van der Waals surface area contributed by atoms with Crippen LogP contribution in [0.2, 0.25) is 5.02 Å². The van der Waals surface area contributed by atoms with Crippen molar-refractivity contribution in [2.75, 3.05) is 6.61 Å². The molecule has 1 fully saturated rings. The van der Waals surface area contributed by atoms with Gasteiger partial charge in [-0.3, -0.25) is 0 Å². The molecule has 9 heteroatoms. The fourth-order valence-electron chi connectivity index (χ4n) is 2.81. The van der Waals surface area contributed by atoms with Crippen LogP contribution in [0.5, 0.6) is 5.75 Å². The first-order chi connectivity index (χ1) is 13.8. The molecule has 0 aromatic heterocycles. The Kier molecular flexibility index (Phi) is 7.07. The lowest BCUT2D eigenvalue weighted by Crippen LogP contribution is -2.58. The van der Waals surface area contributed by atoms with Crippen LogP contribution in [0.25, 0.3) is 0 Å². The molecular formula is C20H21ClO8. The number of halogens is 1. The highest BCUT2D eigenvalue weighted by molar-refractivity contribution is 6.31. The SMILES string of the molecule is O=C(OC[C@H]1OC(O)[C@H](O)[C@@H](O)[C@@H]1O)c1cc(Cl)cc(OCc2ccccc2)c1. The van der Waals surface area contributed by atoms with Gasteiger partial charge in [0.25, 0.3) is 0 Å². The molecule has 156 valence electrons. The summed E-state index contributed by atoms with van der Waals surface area (Å²) >= 11 is 6.06. The van der Waals surface area contributed by atoms with Gasteiger partial charge < -0.3 is 34.6 Å². The number of ether oxygens (including phenoxy) is 3. The fourth-order valence-corrected chi connectivity index (χ4v) is 3.04. The Morgan fingerprint density at radius 2 is 1.72 bits per heavy atom. The summed E-state index contributed by atoms with van der Waals surface area (Å²) in [5.74, 6) is -0.390. The molecule has 2 aromatic rings. The van der Waals surface area contributed by atoms with Crippen LogP contribution in [0.15, 0.2) is 48.5 Å². The molecule has 1 aliphatic heterocycles. The maximum absolute atomic E-state index is 12.4. The van der Waals surface area contributed by atoms with E-state index >= 15 is 0 Å². The summed E-state index contributed by atoms with van der Waals surface area (Å²) in [6, 6.07) is 13.9. The van der Waals surface area contributed by atoms with Crippen molar-refractivity contribution in [3.8, 4) is 5.75 Å². The van der Waals surface area contributed by atoms with Gasteiger partial charge in [-0.15, -0.1) is 0 Å². The summed E-state index contributed by atoms with van der Waals surface area (Å²) in [4.78, 5) is 12.4. The monoisotopic (exact) mass is 424 g/mol. The van der Waals surface area contributed by atoms with E-state index in [1.54, 1.807) is 6.07 Å². The lowest BCUT2D eigenvalue weighted by Gasteiger charge is -2.37. The van der Waals surface area contributed by atoms with Gasteiger partial charge in [0, 0.05) is 5.02 Å². The maximum atomic E-state index is 12.4. The molecular weight excluding hydrogens is 404 g/mol. The molecule has 1 heterocycles. The van der Waals surface area contributed by atoms with Crippen LogP contribution < -0.4 is 4.74 Å². The first-order valence-corrected chi connectivity index (χ1v) is 9.25. The van der Waals surface area contributed by atoms with Gasteiger partial charge in [0.05, 0.1) is 5.56 Å². The minimum Gasteiger partial charge on any atom is -0.489 e. The Labute approximate surface area is 171 Å².